The van der Waals surface area contributed by atoms with Gasteiger partial charge in [0.15, 0.2) is 11.5 Å². The minimum absolute atomic E-state index is 0.776. The van der Waals surface area contributed by atoms with Crippen LogP contribution in [-0.4, -0.2) is 55.6 Å². The summed E-state index contributed by atoms with van der Waals surface area (Å²) in [5.41, 5.74) is 2.70. The first kappa shape index (κ1) is 13.6. The summed E-state index contributed by atoms with van der Waals surface area (Å²) in [6.07, 6.45) is 5.59. The number of hydrogen-bond donors (Lipinski definition) is 0. The summed E-state index contributed by atoms with van der Waals surface area (Å²) in [6.45, 7) is 6.90. The fraction of sp³-hybridized carbons (Fsp3) is 0.429. The van der Waals surface area contributed by atoms with Crippen LogP contribution < -0.4 is 4.90 Å². The molecule has 114 valence electrons. The van der Waals surface area contributed by atoms with Gasteiger partial charge in [-0.2, -0.15) is 4.52 Å². The van der Waals surface area contributed by atoms with E-state index in [1.807, 2.05) is 29.3 Å². The topological polar surface area (TPSA) is 62.5 Å². The minimum atomic E-state index is 0.776. The van der Waals surface area contributed by atoms with E-state index in [1.165, 1.54) is 4.88 Å². The van der Waals surface area contributed by atoms with Crippen molar-refractivity contribution in [1.82, 2.24) is 29.5 Å². The van der Waals surface area contributed by atoms with Gasteiger partial charge in [0.1, 0.15) is 5.82 Å². The molecule has 0 unspecified atom stereocenters. The normalized spacial score (nSPS) is 16.5. The van der Waals surface area contributed by atoms with Crippen LogP contribution in [0.15, 0.2) is 24.1 Å². The van der Waals surface area contributed by atoms with Gasteiger partial charge in [0.05, 0.1) is 17.9 Å². The highest BCUT2D eigenvalue weighted by Gasteiger charge is 2.20. The zero-order valence-electron chi connectivity index (χ0n) is 12.4. The van der Waals surface area contributed by atoms with E-state index in [9.17, 15) is 0 Å². The molecule has 1 aliphatic heterocycles. The number of rotatable bonds is 3. The third-order valence-corrected chi connectivity index (χ3v) is 4.66. The zero-order chi connectivity index (χ0) is 14.9. The summed E-state index contributed by atoms with van der Waals surface area (Å²) in [4.78, 5) is 18.9. The van der Waals surface area contributed by atoms with Crippen molar-refractivity contribution in [2.45, 2.75) is 13.5 Å². The Kier molecular flexibility index (Phi) is 3.47. The molecule has 4 heterocycles. The molecule has 0 bridgehead atoms. The lowest BCUT2D eigenvalue weighted by Gasteiger charge is -2.35. The van der Waals surface area contributed by atoms with Crippen molar-refractivity contribution in [3.8, 4) is 0 Å². The molecule has 7 nitrogen and oxygen atoms in total. The zero-order valence-corrected chi connectivity index (χ0v) is 13.2. The Labute approximate surface area is 132 Å². The van der Waals surface area contributed by atoms with E-state index >= 15 is 0 Å². The predicted octanol–water partition coefficient (Wildman–Crippen LogP) is 1.21. The molecule has 0 aromatic carbocycles. The van der Waals surface area contributed by atoms with E-state index in [4.69, 9.17) is 0 Å². The summed E-state index contributed by atoms with van der Waals surface area (Å²) in [5.74, 6) is 1.80. The lowest BCUT2D eigenvalue weighted by Crippen LogP contribution is -2.46. The van der Waals surface area contributed by atoms with Crippen LogP contribution in [0, 0.1) is 6.92 Å². The highest BCUT2D eigenvalue weighted by atomic mass is 32.1. The molecule has 0 saturated carbocycles. The first-order valence-corrected chi connectivity index (χ1v) is 8.19. The van der Waals surface area contributed by atoms with Crippen molar-refractivity contribution in [2.75, 3.05) is 31.1 Å². The number of aryl methyl sites for hydroxylation is 1. The second-order valence-corrected chi connectivity index (χ2v) is 6.40. The van der Waals surface area contributed by atoms with Crippen LogP contribution in [0.25, 0.3) is 5.65 Å². The van der Waals surface area contributed by atoms with E-state index in [0.29, 0.717) is 0 Å². The Morgan fingerprint density at radius 1 is 1.09 bits per heavy atom. The van der Waals surface area contributed by atoms with Gasteiger partial charge in [0.25, 0.3) is 0 Å². The van der Waals surface area contributed by atoms with Gasteiger partial charge in [0, 0.05) is 43.8 Å². The fourth-order valence-electron chi connectivity index (χ4n) is 2.80. The van der Waals surface area contributed by atoms with Crippen molar-refractivity contribution in [3.05, 3.63) is 34.8 Å². The van der Waals surface area contributed by atoms with E-state index in [2.05, 4.69) is 29.9 Å². The van der Waals surface area contributed by atoms with Gasteiger partial charge < -0.3 is 4.90 Å². The van der Waals surface area contributed by atoms with Crippen LogP contribution in [0.1, 0.15) is 10.7 Å². The molecule has 8 heteroatoms. The third-order valence-electron chi connectivity index (χ3n) is 3.89. The van der Waals surface area contributed by atoms with Crippen molar-refractivity contribution in [1.29, 1.82) is 0 Å². The molecule has 3 aromatic heterocycles. The molecule has 0 radical (unpaired) electrons. The quantitative estimate of drug-likeness (QED) is 0.724. The molecule has 1 fully saturated rings. The molecule has 1 aliphatic rings. The third kappa shape index (κ3) is 2.55. The SMILES string of the molecule is Cc1nc2cncc(N3CCN(Cc4cncs4)CC3)n2n1. The molecule has 0 atom stereocenters. The summed E-state index contributed by atoms with van der Waals surface area (Å²) < 4.78 is 1.89. The van der Waals surface area contributed by atoms with Crippen molar-refractivity contribution >= 4 is 22.8 Å². The highest BCUT2D eigenvalue weighted by molar-refractivity contribution is 7.09. The van der Waals surface area contributed by atoms with Crippen LogP contribution in [0.4, 0.5) is 5.82 Å². The number of hydrogen-bond acceptors (Lipinski definition) is 7. The van der Waals surface area contributed by atoms with E-state index in [0.717, 1.165) is 50.0 Å². The van der Waals surface area contributed by atoms with Crippen LogP contribution in [0.3, 0.4) is 0 Å². The van der Waals surface area contributed by atoms with Crippen LogP contribution in [0.2, 0.25) is 0 Å². The van der Waals surface area contributed by atoms with Crippen molar-refractivity contribution in [2.24, 2.45) is 0 Å². The maximum absolute atomic E-state index is 4.47. The number of nitrogens with zero attached hydrogens (tertiary/aromatic N) is 7. The second kappa shape index (κ2) is 5.62. The Morgan fingerprint density at radius 3 is 2.73 bits per heavy atom. The first-order chi connectivity index (χ1) is 10.8. The second-order valence-electron chi connectivity index (χ2n) is 5.43. The van der Waals surface area contributed by atoms with Gasteiger partial charge >= 0.3 is 0 Å². The Balaban J connectivity index is 1.48. The molecule has 0 spiro atoms. The largest absolute Gasteiger partial charge is 0.353 e. The molecule has 1 saturated heterocycles. The molecular weight excluding hydrogens is 298 g/mol. The minimum Gasteiger partial charge on any atom is -0.353 e. The fourth-order valence-corrected chi connectivity index (χ4v) is 3.44. The lowest BCUT2D eigenvalue weighted by molar-refractivity contribution is 0.251. The van der Waals surface area contributed by atoms with Gasteiger partial charge in [0.2, 0.25) is 0 Å². The highest BCUT2D eigenvalue weighted by Crippen LogP contribution is 2.18. The van der Waals surface area contributed by atoms with Gasteiger partial charge in [-0.25, -0.2) is 4.98 Å². The number of anilines is 1. The molecule has 3 aromatic rings. The van der Waals surface area contributed by atoms with Crippen LogP contribution >= 0.6 is 11.3 Å². The number of aromatic nitrogens is 5. The maximum Gasteiger partial charge on any atom is 0.176 e. The molecule has 4 rings (SSSR count). The van der Waals surface area contributed by atoms with Crippen molar-refractivity contribution < 1.29 is 0 Å². The molecular formula is C14H17N7S. The summed E-state index contributed by atoms with van der Waals surface area (Å²) in [6, 6.07) is 0. The van der Waals surface area contributed by atoms with Crippen LogP contribution in [0.5, 0.6) is 0 Å². The Bertz CT molecular complexity index is 759. The number of thiazole rings is 1. The maximum atomic E-state index is 4.47. The average molecular weight is 315 g/mol. The standard InChI is InChI=1S/C14H17N7S/c1-11-17-13-7-15-8-14(21(13)18-11)20-4-2-19(3-5-20)9-12-6-16-10-22-12/h6-8,10H,2-5,9H2,1H3. The average Bonchev–Trinajstić information content (AvgIpc) is 3.16. The molecule has 0 amide bonds. The monoisotopic (exact) mass is 315 g/mol. The van der Waals surface area contributed by atoms with Gasteiger partial charge in [-0.3, -0.25) is 14.9 Å². The number of fused-ring (bicyclic) bond motifs is 1. The van der Waals surface area contributed by atoms with E-state index in [-0.39, 0.29) is 0 Å². The summed E-state index contributed by atoms with van der Waals surface area (Å²) in [7, 11) is 0. The summed E-state index contributed by atoms with van der Waals surface area (Å²) >= 11 is 1.72. The molecule has 22 heavy (non-hydrogen) atoms. The smallest absolute Gasteiger partial charge is 0.176 e. The van der Waals surface area contributed by atoms with E-state index in [1.54, 1.807) is 17.5 Å². The summed E-state index contributed by atoms with van der Waals surface area (Å²) in [5, 5.41) is 4.47. The van der Waals surface area contributed by atoms with Crippen LogP contribution in [-0.2, 0) is 6.54 Å². The first-order valence-electron chi connectivity index (χ1n) is 7.31. The van der Waals surface area contributed by atoms with Gasteiger partial charge in [-0.05, 0) is 6.92 Å². The predicted molar refractivity (Wildman–Crippen MR) is 85.1 cm³/mol. The molecule has 0 aliphatic carbocycles. The lowest BCUT2D eigenvalue weighted by atomic mass is 10.3. The van der Waals surface area contributed by atoms with E-state index < -0.39 is 0 Å². The Morgan fingerprint density at radius 2 is 1.95 bits per heavy atom. The molecule has 0 N–H and O–H groups in total. The van der Waals surface area contributed by atoms with Gasteiger partial charge in [-0.15, -0.1) is 16.4 Å². The van der Waals surface area contributed by atoms with Crippen molar-refractivity contribution in [3.63, 3.8) is 0 Å². The number of piperazine rings is 1. The Hall–Kier alpha value is -2.06. The van der Waals surface area contributed by atoms with Gasteiger partial charge in [-0.1, -0.05) is 0 Å².